The second kappa shape index (κ2) is 6.62. The highest BCUT2D eigenvalue weighted by atomic mass is 79.9. The molecule has 0 bridgehead atoms. The third kappa shape index (κ3) is 4.61. The summed E-state index contributed by atoms with van der Waals surface area (Å²) in [6.07, 6.45) is 4.92. The fourth-order valence-electron chi connectivity index (χ4n) is 1.47. The standard InChI is InChI=1S/C12H16Br2/c1-2-4-11(13)8-7-10-5-3-6-12(14)9-10/h3,5-6,9,11H,2,4,7-8H2,1H3. The van der Waals surface area contributed by atoms with Crippen molar-refractivity contribution in [3.05, 3.63) is 34.3 Å². The van der Waals surface area contributed by atoms with Gasteiger partial charge in [-0.25, -0.2) is 0 Å². The lowest BCUT2D eigenvalue weighted by atomic mass is 10.1. The van der Waals surface area contributed by atoms with E-state index in [4.69, 9.17) is 0 Å². The van der Waals surface area contributed by atoms with Crippen molar-refractivity contribution in [2.75, 3.05) is 0 Å². The molecule has 0 N–H and O–H groups in total. The second-order valence-corrected chi connectivity index (χ2v) is 5.77. The van der Waals surface area contributed by atoms with Gasteiger partial charge in [-0.05, 0) is 37.0 Å². The summed E-state index contributed by atoms with van der Waals surface area (Å²) < 4.78 is 1.18. The molecule has 14 heavy (non-hydrogen) atoms. The summed E-state index contributed by atoms with van der Waals surface area (Å²) in [6.45, 7) is 2.23. The molecule has 0 heterocycles. The van der Waals surface area contributed by atoms with Crippen molar-refractivity contribution in [3.8, 4) is 0 Å². The predicted molar refractivity (Wildman–Crippen MR) is 70.1 cm³/mol. The molecular weight excluding hydrogens is 304 g/mol. The van der Waals surface area contributed by atoms with Crippen LogP contribution in [0.5, 0.6) is 0 Å². The molecule has 0 spiro atoms. The molecule has 0 fully saturated rings. The summed E-state index contributed by atoms with van der Waals surface area (Å²) in [5.41, 5.74) is 1.42. The molecule has 0 radical (unpaired) electrons. The Labute approximate surface area is 103 Å². The molecule has 0 aliphatic rings. The highest BCUT2D eigenvalue weighted by Gasteiger charge is 2.03. The Hall–Kier alpha value is 0.180. The number of halogens is 2. The second-order valence-electron chi connectivity index (χ2n) is 3.55. The molecule has 0 aliphatic carbocycles. The smallest absolute Gasteiger partial charge is 0.0177 e. The van der Waals surface area contributed by atoms with Crippen LogP contribution in [-0.2, 0) is 6.42 Å². The lowest BCUT2D eigenvalue weighted by molar-refractivity contribution is 0.693. The van der Waals surface area contributed by atoms with Crippen LogP contribution in [0.2, 0.25) is 0 Å². The fraction of sp³-hybridized carbons (Fsp3) is 0.500. The topological polar surface area (TPSA) is 0 Å². The Bertz CT molecular complexity index is 271. The van der Waals surface area contributed by atoms with Gasteiger partial charge in [0.25, 0.3) is 0 Å². The van der Waals surface area contributed by atoms with Gasteiger partial charge in [-0.15, -0.1) is 0 Å². The maximum absolute atomic E-state index is 3.70. The van der Waals surface area contributed by atoms with Crippen LogP contribution in [0.25, 0.3) is 0 Å². The molecule has 0 saturated carbocycles. The number of benzene rings is 1. The minimum Gasteiger partial charge on any atom is -0.0891 e. The van der Waals surface area contributed by atoms with E-state index in [1.54, 1.807) is 0 Å². The Morgan fingerprint density at radius 3 is 2.71 bits per heavy atom. The number of alkyl halides is 1. The van der Waals surface area contributed by atoms with Crippen molar-refractivity contribution >= 4 is 31.9 Å². The molecule has 1 atom stereocenters. The van der Waals surface area contributed by atoms with Gasteiger partial charge in [0.05, 0.1) is 0 Å². The zero-order valence-corrected chi connectivity index (χ0v) is 11.6. The number of hydrogen-bond acceptors (Lipinski definition) is 0. The van der Waals surface area contributed by atoms with E-state index in [2.05, 4.69) is 63.0 Å². The van der Waals surface area contributed by atoms with Crippen LogP contribution in [-0.4, -0.2) is 4.83 Å². The average Bonchev–Trinajstić information content (AvgIpc) is 2.15. The van der Waals surface area contributed by atoms with E-state index in [9.17, 15) is 0 Å². The van der Waals surface area contributed by atoms with Gasteiger partial charge in [-0.2, -0.15) is 0 Å². The molecule has 1 aromatic carbocycles. The van der Waals surface area contributed by atoms with E-state index in [0.717, 1.165) is 6.42 Å². The molecule has 1 unspecified atom stereocenters. The van der Waals surface area contributed by atoms with Crippen molar-refractivity contribution in [2.45, 2.75) is 37.4 Å². The minimum atomic E-state index is 0.673. The van der Waals surface area contributed by atoms with Gasteiger partial charge < -0.3 is 0 Å². The van der Waals surface area contributed by atoms with Crippen LogP contribution in [0.15, 0.2) is 28.7 Å². The van der Waals surface area contributed by atoms with Gasteiger partial charge >= 0.3 is 0 Å². The number of rotatable bonds is 5. The summed E-state index contributed by atoms with van der Waals surface area (Å²) >= 11 is 7.19. The first-order chi connectivity index (χ1) is 6.72. The monoisotopic (exact) mass is 318 g/mol. The van der Waals surface area contributed by atoms with Gasteiger partial charge in [-0.3, -0.25) is 0 Å². The van der Waals surface area contributed by atoms with Gasteiger partial charge in [0.15, 0.2) is 0 Å². The Morgan fingerprint density at radius 2 is 2.07 bits per heavy atom. The Kier molecular flexibility index (Phi) is 5.80. The van der Waals surface area contributed by atoms with Crippen molar-refractivity contribution < 1.29 is 0 Å². The minimum absolute atomic E-state index is 0.673. The SMILES string of the molecule is CCCC(Br)CCc1cccc(Br)c1. The first-order valence-electron chi connectivity index (χ1n) is 5.11. The van der Waals surface area contributed by atoms with E-state index < -0.39 is 0 Å². The van der Waals surface area contributed by atoms with Gasteiger partial charge in [0.1, 0.15) is 0 Å². The van der Waals surface area contributed by atoms with E-state index in [0.29, 0.717) is 4.83 Å². The third-order valence-corrected chi connectivity index (χ3v) is 3.65. The van der Waals surface area contributed by atoms with Gasteiger partial charge in [-0.1, -0.05) is 57.3 Å². The van der Waals surface area contributed by atoms with E-state index in [1.807, 2.05) is 0 Å². The molecule has 0 amide bonds. The molecule has 78 valence electrons. The van der Waals surface area contributed by atoms with Gasteiger partial charge in [0, 0.05) is 9.30 Å². The maximum Gasteiger partial charge on any atom is 0.0177 e. The van der Waals surface area contributed by atoms with Crippen molar-refractivity contribution in [2.24, 2.45) is 0 Å². The quantitative estimate of drug-likeness (QED) is 0.674. The summed E-state index contributed by atoms with van der Waals surface area (Å²) in [6, 6.07) is 8.56. The molecule has 1 aromatic rings. The highest BCUT2D eigenvalue weighted by molar-refractivity contribution is 9.10. The maximum atomic E-state index is 3.70. The molecular formula is C12H16Br2. The first-order valence-corrected chi connectivity index (χ1v) is 6.81. The summed E-state index contributed by atoms with van der Waals surface area (Å²) in [5.74, 6) is 0. The molecule has 1 rings (SSSR count). The van der Waals surface area contributed by atoms with E-state index in [-0.39, 0.29) is 0 Å². The van der Waals surface area contributed by atoms with Crippen LogP contribution in [0.3, 0.4) is 0 Å². The average molecular weight is 320 g/mol. The highest BCUT2D eigenvalue weighted by Crippen LogP contribution is 2.18. The van der Waals surface area contributed by atoms with Crippen LogP contribution in [0.1, 0.15) is 31.7 Å². The largest absolute Gasteiger partial charge is 0.0891 e. The van der Waals surface area contributed by atoms with E-state index >= 15 is 0 Å². The first kappa shape index (κ1) is 12.3. The molecule has 0 aromatic heterocycles. The zero-order chi connectivity index (χ0) is 10.4. The van der Waals surface area contributed by atoms with Crippen molar-refractivity contribution in [1.29, 1.82) is 0 Å². The lowest BCUT2D eigenvalue weighted by Crippen LogP contribution is -1.99. The molecule has 0 aliphatic heterocycles. The third-order valence-electron chi connectivity index (χ3n) is 2.24. The Morgan fingerprint density at radius 1 is 1.29 bits per heavy atom. The molecule has 2 heteroatoms. The normalized spacial score (nSPS) is 12.8. The summed E-state index contributed by atoms with van der Waals surface area (Å²) in [7, 11) is 0. The lowest BCUT2D eigenvalue weighted by Gasteiger charge is -2.07. The van der Waals surface area contributed by atoms with Crippen molar-refractivity contribution in [3.63, 3.8) is 0 Å². The molecule has 0 nitrogen and oxygen atoms in total. The zero-order valence-electron chi connectivity index (χ0n) is 8.47. The van der Waals surface area contributed by atoms with Crippen LogP contribution >= 0.6 is 31.9 Å². The van der Waals surface area contributed by atoms with E-state index in [1.165, 1.54) is 29.3 Å². The van der Waals surface area contributed by atoms with Crippen LogP contribution in [0.4, 0.5) is 0 Å². The van der Waals surface area contributed by atoms with Gasteiger partial charge in [0.2, 0.25) is 0 Å². The fourth-order valence-corrected chi connectivity index (χ4v) is 2.61. The number of hydrogen-bond donors (Lipinski definition) is 0. The summed E-state index contributed by atoms with van der Waals surface area (Å²) in [5, 5.41) is 0. The van der Waals surface area contributed by atoms with Crippen molar-refractivity contribution in [1.82, 2.24) is 0 Å². The predicted octanol–water partition coefficient (Wildman–Crippen LogP) is 4.95. The van der Waals surface area contributed by atoms with Crippen LogP contribution < -0.4 is 0 Å². The number of aryl methyl sites for hydroxylation is 1. The van der Waals surface area contributed by atoms with Crippen LogP contribution in [0, 0.1) is 0 Å². The Balaban J connectivity index is 2.37. The molecule has 0 saturated heterocycles. The summed E-state index contributed by atoms with van der Waals surface area (Å²) in [4.78, 5) is 0.673.